The van der Waals surface area contributed by atoms with Gasteiger partial charge in [0.25, 0.3) is 13.6 Å². The number of hydrogen-bond acceptors (Lipinski definition) is 3. The Kier molecular flexibility index (Phi) is 3.74. The summed E-state index contributed by atoms with van der Waals surface area (Å²) in [5, 5.41) is 0. The van der Waals surface area contributed by atoms with Gasteiger partial charge in [0.15, 0.2) is 0 Å². The molecular weight excluding hydrogens is 187 g/mol. The summed E-state index contributed by atoms with van der Waals surface area (Å²) in [5.74, 6) is 0. The Bertz CT molecular complexity index is 308. The summed E-state index contributed by atoms with van der Waals surface area (Å²) >= 11 is 0. The fourth-order valence-corrected chi connectivity index (χ4v) is 1.57. The maximum Gasteiger partial charge on any atom is 0.289 e. The van der Waals surface area contributed by atoms with Crippen molar-refractivity contribution in [2.75, 3.05) is 6.61 Å². The second kappa shape index (κ2) is 4.85. The highest BCUT2D eigenvalue weighted by Gasteiger charge is 2.14. The van der Waals surface area contributed by atoms with Gasteiger partial charge in [-0.2, -0.15) is 0 Å². The minimum absolute atomic E-state index is 0.285. The highest BCUT2D eigenvalue weighted by Crippen LogP contribution is 2.27. The van der Waals surface area contributed by atoms with Crippen molar-refractivity contribution in [2.45, 2.75) is 6.92 Å². The Morgan fingerprint density at radius 2 is 2.00 bits per heavy atom. The Morgan fingerprint density at radius 1 is 1.38 bits per heavy atom. The van der Waals surface area contributed by atoms with Crippen molar-refractivity contribution in [3.8, 4) is 0 Å². The van der Waals surface area contributed by atoms with Gasteiger partial charge in [-0.25, -0.2) is 4.57 Å². The second-order valence-electron chi connectivity index (χ2n) is 2.35. The summed E-state index contributed by atoms with van der Waals surface area (Å²) in [6, 6.07) is 8.48. The smallest absolute Gasteiger partial charge is 0.289 e. The zero-order valence-corrected chi connectivity index (χ0v) is 8.16. The quantitative estimate of drug-likeness (QED) is 0.697. The molecule has 0 amide bonds. The highest BCUT2D eigenvalue weighted by molar-refractivity contribution is 7.60. The lowest BCUT2D eigenvalue weighted by Crippen LogP contribution is -1.94. The van der Waals surface area contributed by atoms with Crippen LogP contribution in [0.5, 0.6) is 0 Å². The molecule has 3 nitrogen and oxygen atoms in total. The molecule has 0 aliphatic carbocycles. The largest absolute Gasteiger partial charge is 0.299 e. The van der Waals surface area contributed by atoms with Crippen LogP contribution in [0.25, 0.3) is 0 Å². The molecule has 0 saturated carbocycles. The van der Waals surface area contributed by atoms with Crippen molar-refractivity contribution >= 4 is 13.6 Å². The predicted molar refractivity (Wildman–Crippen MR) is 50.0 cm³/mol. The van der Waals surface area contributed by atoms with Crippen LogP contribution in [0.1, 0.15) is 17.3 Å². The molecule has 4 heteroatoms. The Labute approximate surface area is 77.6 Å². The van der Waals surface area contributed by atoms with Gasteiger partial charge in [-0.15, -0.1) is 0 Å². The van der Waals surface area contributed by atoms with Crippen LogP contribution in [0.3, 0.4) is 0 Å². The van der Waals surface area contributed by atoms with E-state index < -0.39 is 13.6 Å². The third-order valence-electron chi connectivity index (χ3n) is 1.43. The van der Waals surface area contributed by atoms with Crippen molar-refractivity contribution in [3.63, 3.8) is 0 Å². The van der Waals surface area contributed by atoms with E-state index in [0.717, 1.165) is 0 Å². The van der Waals surface area contributed by atoms with Crippen LogP contribution in [0.15, 0.2) is 30.3 Å². The van der Waals surface area contributed by atoms with Crippen LogP contribution >= 0.6 is 8.03 Å². The van der Waals surface area contributed by atoms with Gasteiger partial charge < -0.3 is 0 Å². The number of carbonyl (C=O) groups is 1. The summed E-state index contributed by atoms with van der Waals surface area (Å²) in [5.41, 5.74) is -0.0190. The monoisotopic (exact) mass is 197 g/mol. The predicted octanol–water partition coefficient (Wildman–Crippen LogP) is 2.61. The van der Waals surface area contributed by atoms with Gasteiger partial charge in [-0.1, -0.05) is 30.3 Å². The molecular formula is C9H10O3P. The molecule has 0 aliphatic heterocycles. The molecule has 13 heavy (non-hydrogen) atoms. The molecule has 69 valence electrons. The van der Waals surface area contributed by atoms with E-state index in [1.165, 1.54) is 0 Å². The number of carbonyl (C=O) groups excluding carboxylic acids is 1. The Hall–Kier alpha value is -1.05. The first kappa shape index (κ1) is 10.0. The molecule has 1 rings (SSSR count). The standard InChI is InChI=1S/C9H10O3P/c1-2-12-13(11)9(10)8-6-4-3-5-7-8/h3-7H,2H2,1H3. The lowest BCUT2D eigenvalue weighted by atomic mass is 10.2. The molecule has 0 fully saturated rings. The van der Waals surface area contributed by atoms with Gasteiger partial charge in [-0.05, 0) is 6.92 Å². The molecule has 1 atom stereocenters. The normalized spacial score (nSPS) is 11.0. The van der Waals surface area contributed by atoms with Crippen molar-refractivity contribution in [2.24, 2.45) is 0 Å². The molecule has 1 unspecified atom stereocenters. The molecule has 0 heterocycles. The van der Waals surface area contributed by atoms with E-state index in [9.17, 15) is 9.36 Å². The van der Waals surface area contributed by atoms with Crippen LogP contribution in [0, 0.1) is 0 Å². The third-order valence-corrected chi connectivity index (χ3v) is 2.52. The van der Waals surface area contributed by atoms with Gasteiger partial charge in [-0.3, -0.25) is 9.32 Å². The maximum absolute atomic E-state index is 11.3. The minimum atomic E-state index is -2.21. The van der Waals surface area contributed by atoms with Crippen molar-refractivity contribution in [1.29, 1.82) is 0 Å². The van der Waals surface area contributed by atoms with E-state index in [0.29, 0.717) is 5.56 Å². The molecule has 0 aromatic heterocycles. The summed E-state index contributed by atoms with van der Waals surface area (Å²) in [6.07, 6.45) is 0. The SMILES string of the molecule is CCO[P](=O)C(=O)c1ccccc1. The fraction of sp³-hybridized carbons (Fsp3) is 0.222. The zero-order valence-electron chi connectivity index (χ0n) is 7.27. The van der Waals surface area contributed by atoms with E-state index in [-0.39, 0.29) is 6.61 Å². The fourth-order valence-electron chi connectivity index (χ4n) is 0.862. The van der Waals surface area contributed by atoms with Gasteiger partial charge in [0.2, 0.25) is 0 Å². The van der Waals surface area contributed by atoms with E-state index in [4.69, 9.17) is 4.52 Å². The zero-order chi connectivity index (χ0) is 9.68. The minimum Gasteiger partial charge on any atom is -0.299 e. The van der Waals surface area contributed by atoms with E-state index in [1.54, 1.807) is 37.3 Å². The number of hydrogen-bond donors (Lipinski definition) is 0. The molecule has 1 radical (unpaired) electrons. The molecule has 0 aliphatic rings. The number of rotatable bonds is 4. The highest BCUT2D eigenvalue weighted by atomic mass is 31.1. The lowest BCUT2D eigenvalue weighted by Gasteiger charge is -1.98. The Morgan fingerprint density at radius 3 is 2.54 bits per heavy atom. The van der Waals surface area contributed by atoms with Crippen LogP contribution in [0.4, 0.5) is 0 Å². The van der Waals surface area contributed by atoms with Gasteiger partial charge in [0.1, 0.15) is 0 Å². The topological polar surface area (TPSA) is 43.4 Å². The first-order chi connectivity index (χ1) is 6.25. The average Bonchev–Trinajstić information content (AvgIpc) is 2.18. The molecule has 0 spiro atoms. The average molecular weight is 197 g/mol. The molecule has 0 saturated heterocycles. The second-order valence-corrected chi connectivity index (χ2v) is 3.52. The molecule has 1 aromatic rings. The van der Waals surface area contributed by atoms with Gasteiger partial charge in [0, 0.05) is 5.56 Å². The van der Waals surface area contributed by atoms with Crippen LogP contribution in [-0.4, -0.2) is 12.1 Å². The van der Waals surface area contributed by atoms with E-state index in [1.807, 2.05) is 0 Å². The number of benzene rings is 1. The third kappa shape index (κ3) is 2.72. The molecule has 0 N–H and O–H groups in total. The van der Waals surface area contributed by atoms with Gasteiger partial charge in [0.05, 0.1) is 6.61 Å². The first-order valence-electron chi connectivity index (χ1n) is 3.95. The van der Waals surface area contributed by atoms with Crippen molar-refractivity contribution < 1.29 is 13.9 Å². The summed E-state index contributed by atoms with van der Waals surface area (Å²) < 4.78 is 15.8. The van der Waals surface area contributed by atoms with Crippen molar-refractivity contribution in [1.82, 2.24) is 0 Å². The Balaban J connectivity index is 2.74. The van der Waals surface area contributed by atoms with Gasteiger partial charge >= 0.3 is 0 Å². The summed E-state index contributed by atoms with van der Waals surface area (Å²) in [6.45, 7) is 1.99. The first-order valence-corrected chi connectivity index (χ1v) is 5.13. The van der Waals surface area contributed by atoms with E-state index >= 15 is 0 Å². The van der Waals surface area contributed by atoms with Crippen molar-refractivity contribution in [3.05, 3.63) is 35.9 Å². The van der Waals surface area contributed by atoms with Crippen LogP contribution < -0.4 is 0 Å². The van der Waals surface area contributed by atoms with E-state index in [2.05, 4.69) is 0 Å². The maximum atomic E-state index is 11.3. The van der Waals surface area contributed by atoms with Crippen LogP contribution in [0.2, 0.25) is 0 Å². The summed E-state index contributed by atoms with van der Waals surface area (Å²) in [7, 11) is -2.21. The van der Waals surface area contributed by atoms with Crippen LogP contribution in [-0.2, 0) is 9.09 Å². The molecule has 1 aromatic carbocycles. The molecule has 0 bridgehead atoms. The summed E-state index contributed by atoms with van der Waals surface area (Å²) in [4.78, 5) is 11.3. The lowest BCUT2D eigenvalue weighted by molar-refractivity contribution is 0.106.